The number of β-amino-alcohol motifs (C(OH)–C–C–N with tert-alkyl or cyclic N) is 1. The second kappa shape index (κ2) is 6.28. The Bertz CT molecular complexity index is 741. The van der Waals surface area contributed by atoms with Gasteiger partial charge in [0.25, 0.3) is 0 Å². The van der Waals surface area contributed by atoms with Gasteiger partial charge in [-0.3, -0.25) is 9.78 Å². The van der Waals surface area contributed by atoms with Crippen LogP contribution >= 0.6 is 0 Å². The Morgan fingerprint density at radius 1 is 1.35 bits per heavy atom. The van der Waals surface area contributed by atoms with Crippen molar-refractivity contribution in [2.75, 3.05) is 13.1 Å². The lowest BCUT2D eigenvalue weighted by atomic mass is 9.94. The topological polar surface area (TPSA) is 53.4 Å². The monoisotopic (exact) mass is 312 g/mol. The van der Waals surface area contributed by atoms with Gasteiger partial charge < -0.3 is 10.0 Å². The molecule has 1 aromatic heterocycles. The molecule has 0 bridgehead atoms. The predicted molar refractivity (Wildman–Crippen MR) is 91.3 cm³/mol. The van der Waals surface area contributed by atoms with Gasteiger partial charge in [-0.15, -0.1) is 0 Å². The summed E-state index contributed by atoms with van der Waals surface area (Å²) in [5, 5.41) is 11.1. The smallest absolute Gasteiger partial charge is 0.227 e. The fraction of sp³-hybridized carbons (Fsp3) is 0.474. The quantitative estimate of drug-likeness (QED) is 0.927. The van der Waals surface area contributed by atoms with E-state index in [4.69, 9.17) is 0 Å². The van der Waals surface area contributed by atoms with E-state index in [1.807, 2.05) is 32.0 Å². The molecule has 122 valence electrons. The first kappa shape index (κ1) is 15.9. The summed E-state index contributed by atoms with van der Waals surface area (Å²) < 4.78 is 0. The highest BCUT2D eigenvalue weighted by Crippen LogP contribution is 2.24. The SMILES string of the molecule is Cc1nc2ccccc2c(C)c1CC(=O)N1CCC(C)C(O)C1. The van der Waals surface area contributed by atoms with Crippen molar-refractivity contribution in [3.8, 4) is 0 Å². The van der Waals surface area contributed by atoms with Crippen molar-refractivity contribution < 1.29 is 9.90 Å². The number of aromatic nitrogens is 1. The van der Waals surface area contributed by atoms with Crippen LogP contribution in [0.3, 0.4) is 0 Å². The normalized spacial score (nSPS) is 21.7. The van der Waals surface area contributed by atoms with Crippen molar-refractivity contribution in [2.24, 2.45) is 5.92 Å². The maximum atomic E-state index is 12.6. The molecule has 1 aromatic carbocycles. The number of aliphatic hydroxyl groups excluding tert-OH is 1. The molecule has 4 heteroatoms. The highest BCUT2D eigenvalue weighted by atomic mass is 16.3. The molecule has 1 amide bonds. The first-order valence-electron chi connectivity index (χ1n) is 8.28. The lowest BCUT2D eigenvalue weighted by molar-refractivity contribution is -0.134. The molecule has 23 heavy (non-hydrogen) atoms. The number of aliphatic hydroxyl groups is 1. The molecule has 0 saturated carbocycles. The minimum Gasteiger partial charge on any atom is -0.391 e. The number of hydrogen-bond donors (Lipinski definition) is 1. The molecule has 2 aromatic rings. The first-order valence-corrected chi connectivity index (χ1v) is 8.28. The second-order valence-corrected chi connectivity index (χ2v) is 6.67. The summed E-state index contributed by atoms with van der Waals surface area (Å²) in [6.45, 7) is 7.24. The molecule has 4 nitrogen and oxygen atoms in total. The van der Waals surface area contributed by atoms with Gasteiger partial charge in [0.1, 0.15) is 0 Å². The summed E-state index contributed by atoms with van der Waals surface area (Å²) in [6.07, 6.45) is 0.807. The Morgan fingerprint density at radius 3 is 2.83 bits per heavy atom. The summed E-state index contributed by atoms with van der Waals surface area (Å²) in [6, 6.07) is 8.04. The molecule has 0 radical (unpaired) electrons. The Labute approximate surface area is 137 Å². The highest BCUT2D eigenvalue weighted by molar-refractivity contribution is 5.86. The molecular weight excluding hydrogens is 288 g/mol. The van der Waals surface area contributed by atoms with Crippen molar-refractivity contribution >= 4 is 16.8 Å². The third-order valence-electron chi connectivity index (χ3n) is 5.08. The third kappa shape index (κ3) is 3.08. The van der Waals surface area contributed by atoms with E-state index < -0.39 is 6.10 Å². The van der Waals surface area contributed by atoms with Crippen LogP contribution in [0, 0.1) is 19.8 Å². The minimum atomic E-state index is -0.412. The van der Waals surface area contributed by atoms with E-state index in [0.717, 1.165) is 40.7 Å². The maximum Gasteiger partial charge on any atom is 0.227 e. The van der Waals surface area contributed by atoms with E-state index in [9.17, 15) is 9.90 Å². The van der Waals surface area contributed by atoms with Crippen LogP contribution in [0.4, 0.5) is 0 Å². The van der Waals surface area contributed by atoms with E-state index in [1.54, 1.807) is 4.90 Å². The van der Waals surface area contributed by atoms with Gasteiger partial charge in [-0.05, 0) is 43.4 Å². The van der Waals surface area contributed by atoms with Gasteiger partial charge in [0.05, 0.1) is 18.0 Å². The fourth-order valence-electron chi connectivity index (χ4n) is 3.37. The number of piperidine rings is 1. The summed E-state index contributed by atoms with van der Waals surface area (Å²) in [4.78, 5) is 19.1. The Hall–Kier alpha value is -1.94. The number of aryl methyl sites for hydroxylation is 2. The van der Waals surface area contributed by atoms with Crippen LogP contribution in [0.25, 0.3) is 10.9 Å². The summed E-state index contributed by atoms with van der Waals surface area (Å²) in [5.74, 6) is 0.351. The van der Waals surface area contributed by atoms with Crippen molar-refractivity contribution in [2.45, 2.75) is 39.7 Å². The van der Waals surface area contributed by atoms with Crippen molar-refractivity contribution in [1.82, 2.24) is 9.88 Å². The highest BCUT2D eigenvalue weighted by Gasteiger charge is 2.27. The number of carbonyl (C=O) groups is 1. The molecule has 1 fully saturated rings. The zero-order chi connectivity index (χ0) is 16.6. The fourth-order valence-corrected chi connectivity index (χ4v) is 3.37. The van der Waals surface area contributed by atoms with Crippen molar-refractivity contribution in [3.63, 3.8) is 0 Å². The molecular formula is C19H24N2O2. The van der Waals surface area contributed by atoms with Crippen LogP contribution in [0.1, 0.15) is 30.2 Å². The van der Waals surface area contributed by atoms with Crippen LogP contribution in [0.15, 0.2) is 24.3 Å². The second-order valence-electron chi connectivity index (χ2n) is 6.67. The van der Waals surface area contributed by atoms with Crippen LogP contribution in [0.2, 0.25) is 0 Å². The zero-order valence-electron chi connectivity index (χ0n) is 14.0. The van der Waals surface area contributed by atoms with Gasteiger partial charge in [0, 0.05) is 24.2 Å². The number of amides is 1. The summed E-state index contributed by atoms with van der Waals surface area (Å²) in [5.41, 5.74) is 4.04. The minimum absolute atomic E-state index is 0.0826. The molecule has 0 aliphatic carbocycles. The maximum absolute atomic E-state index is 12.6. The predicted octanol–water partition coefficient (Wildman–Crippen LogP) is 2.62. The van der Waals surface area contributed by atoms with E-state index in [1.165, 1.54) is 0 Å². The number of likely N-dealkylation sites (tertiary alicyclic amines) is 1. The average Bonchev–Trinajstić information content (AvgIpc) is 2.54. The van der Waals surface area contributed by atoms with E-state index >= 15 is 0 Å². The molecule has 1 N–H and O–H groups in total. The number of rotatable bonds is 2. The molecule has 1 aliphatic heterocycles. The standard InChI is InChI=1S/C19H24N2O2/c1-12-8-9-21(11-18(12)22)19(23)10-16-13(2)15-6-4-5-7-17(15)20-14(16)3/h4-7,12,18,22H,8-11H2,1-3H3. The molecule has 1 aliphatic rings. The van der Waals surface area contributed by atoms with Crippen molar-refractivity contribution in [3.05, 3.63) is 41.1 Å². The number of benzene rings is 1. The van der Waals surface area contributed by atoms with Gasteiger partial charge in [-0.1, -0.05) is 25.1 Å². The van der Waals surface area contributed by atoms with E-state index in [0.29, 0.717) is 13.0 Å². The van der Waals surface area contributed by atoms with E-state index in [-0.39, 0.29) is 11.8 Å². The van der Waals surface area contributed by atoms with Gasteiger partial charge in [-0.2, -0.15) is 0 Å². The number of para-hydroxylation sites is 1. The molecule has 3 rings (SSSR count). The van der Waals surface area contributed by atoms with Gasteiger partial charge in [0.15, 0.2) is 0 Å². The lowest BCUT2D eigenvalue weighted by Gasteiger charge is -2.34. The largest absolute Gasteiger partial charge is 0.391 e. The third-order valence-corrected chi connectivity index (χ3v) is 5.08. The van der Waals surface area contributed by atoms with Gasteiger partial charge >= 0.3 is 0 Å². The van der Waals surface area contributed by atoms with Gasteiger partial charge in [0.2, 0.25) is 5.91 Å². The van der Waals surface area contributed by atoms with E-state index in [2.05, 4.69) is 18.0 Å². The molecule has 1 saturated heterocycles. The zero-order valence-corrected chi connectivity index (χ0v) is 14.0. The summed E-state index contributed by atoms with van der Waals surface area (Å²) in [7, 11) is 0. The molecule has 2 atom stereocenters. The van der Waals surface area contributed by atoms with Crippen LogP contribution < -0.4 is 0 Å². The number of nitrogens with zero attached hydrogens (tertiary/aromatic N) is 2. The average molecular weight is 312 g/mol. The van der Waals surface area contributed by atoms with Crippen LogP contribution in [0.5, 0.6) is 0 Å². The van der Waals surface area contributed by atoms with Crippen molar-refractivity contribution in [1.29, 1.82) is 0 Å². The Kier molecular flexibility index (Phi) is 4.35. The number of pyridine rings is 1. The molecule has 2 heterocycles. The van der Waals surface area contributed by atoms with Gasteiger partial charge in [-0.25, -0.2) is 0 Å². The lowest BCUT2D eigenvalue weighted by Crippen LogP contribution is -2.46. The molecule has 0 spiro atoms. The van der Waals surface area contributed by atoms with Crippen LogP contribution in [-0.4, -0.2) is 40.1 Å². The first-order chi connectivity index (χ1) is 11.0. The Balaban J connectivity index is 1.85. The Morgan fingerprint density at radius 2 is 2.09 bits per heavy atom. The number of carbonyl (C=O) groups excluding carboxylic acids is 1. The summed E-state index contributed by atoms with van der Waals surface area (Å²) >= 11 is 0. The number of hydrogen-bond acceptors (Lipinski definition) is 3. The van der Waals surface area contributed by atoms with Crippen LogP contribution in [-0.2, 0) is 11.2 Å². The molecule has 2 unspecified atom stereocenters. The number of fused-ring (bicyclic) bond motifs is 1.